The van der Waals surface area contributed by atoms with Crippen LogP contribution in [0.3, 0.4) is 0 Å². The molecule has 0 saturated heterocycles. The fourth-order valence-electron chi connectivity index (χ4n) is 1.93. The van der Waals surface area contributed by atoms with Gasteiger partial charge >= 0.3 is 0 Å². The van der Waals surface area contributed by atoms with Gasteiger partial charge in [0.25, 0.3) is 5.69 Å². The molecule has 6 nitrogen and oxygen atoms in total. The van der Waals surface area contributed by atoms with Gasteiger partial charge in [-0.05, 0) is 35.5 Å². The van der Waals surface area contributed by atoms with Gasteiger partial charge in [0.05, 0.1) is 4.92 Å². The van der Waals surface area contributed by atoms with Crippen LogP contribution in [0.15, 0.2) is 54.6 Å². The van der Waals surface area contributed by atoms with Gasteiger partial charge in [-0.25, -0.2) is 0 Å². The lowest BCUT2D eigenvalue weighted by molar-refractivity contribution is -0.384. The summed E-state index contributed by atoms with van der Waals surface area (Å²) in [5.41, 5.74) is 1.35. The first-order valence-corrected chi connectivity index (χ1v) is 7.99. The molecular formula is C17H14ClN3O3S. The molecule has 8 heteroatoms. The number of hydrogen-bond acceptors (Lipinski definition) is 4. The summed E-state index contributed by atoms with van der Waals surface area (Å²) in [6.07, 6.45) is 2.72. The number of carbonyl (C=O) groups is 1. The Morgan fingerprint density at radius 1 is 1.24 bits per heavy atom. The molecule has 0 spiro atoms. The quantitative estimate of drug-likeness (QED) is 0.362. The first-order chi connectivity index (χ1) is 12.0. The van der Waals surface area contributed by atoms with Gasteiger partial charge in [0, 0.05) is 29.8 Å². The SMILES string of the molecule is O=C(/C=C/c1cccc([N+](=O)[O-])c1)NC(=S)NCc1ccccc1Cl. The zero-order valence-electron chi connectivity index (χ0n) is 12.9. The Hall–Kier alpha value is -2.77. The van der Waals surface area contributed by atoms with Crippen LogP contribution in [0.1, 0.15) is 11.1 Å². The van der Waals surface area contributed by atoms with Gasteiger partial charge in [-0.2, -0.15) is 0 Å². The molecule has 0 aromatic heterocycles. The number of amides is 1. The van der Waals surface area contributed by atoms with E-state index in [-0.39, 0.29) is 10.8 Å². The van der Waals surface area contributed by atoms with Crippen molar-refractivity contribution in [2.45, 2.75) is 6.54 Å². The number of thiocarbonyl (C=S) groups is 1. The Labute approximate surface area is 154 Å². The van der Waals surface area contributed by atoms with Gasteiger partial charge in [0.1, 0.15) is 0 Å². The molecular weight excluding hydrogens is 362 g/mol. The predicted octanol–water partition coefficient (Wildman–Crippen LogP) is 3.45. The summed E-state index contributed by atoms with van der Waals surface area (Å²) in [5.74, 6) is -0.442. The Balaban J connectivity index is 1.87. The molecule has 128 valence electrons. The Morgan fingerprint density at radius 3 is 2.72 bits per heavy atom. The number of rotatable bonds is 5. The third-order valence-electron chi connectivity index (χ3n) is 3.14. The minimum absolute atomic E-state index is 0.0421. The van der Waals surface area contributed by atoms with E-state index in [0.717, 1.165) is 5.56 Å². The van der Waals surface area contributed by atoms with Gasteiger partial charge in [-0.1, -0.05) is 41.9 Å². The highest BCUT2D eigenvalue weighted by Crippen LogP contribution is 2.15. The lowest BCUT2D eigenvalue weighted by Crippen LogP contribution is -2.38. The maximum atomic E-state index is 11.8. The topological polar surface area (TPSA) is 84.3 Å². The van der Waals surface area contributed by atoms with E-state index in [4.69, 9.17) is 23.8 Å². The van der Waals surface area contributed by atoms with E-state index >= 15 is 0 Å². The number of nitrogens with zero attached hydrogens (tertiary/aromatic N) is 1. The molecule has 0 heterocycles. The van der Waals surface area contributed by atoms with Crippen molar-refractivity contribution >= 4 is 46.6 Å². The van der Waals surface area contributed by atoms with Crippen molar-refractivity contribution < 1.29 is 9.72 Å². The monoisotopic (exact) mass is 375 g/mol. The number of nitro groups is 1. The maximum absolute atomic E-state index is 11.8. The minimum Gasteiger partial charge on any atom is -0.358 e. The average Bonchev–Trinajstić information content (AvgIpc) is 2.59. The molecule has 0 aliphatic rings. The van der Waals surface area contributed by atoms with Crippen LogP contribution in [0.25, 0.3) is 6.08 Å². The second kappa shape index (κ2) is 8.91. The summed E-state index contributed by atoms with van der Waals surface area (Å²) in [7, 11) is 0. The Bertz CT molecular complexity index is 839. The van der Waals surface area contributed by atoms with E-state index in [1.165, 1.54) is 24.3 Å². The number of benzene rings is 2. The zero-order chi connectivity index (χ0) is 18.2. The van der Waals surface area contributed by atoms with E-state index in [0.29, 0.717) is 17.1 Å². The normalized spacial score (nSPS) is 10.4. The average molecular weight is 376 g/mol. The Morgan fingerprint density at radius 2 is 2.00 bits per heavy atom. The van der Waals surface area contributed by atoms with E-state index in [9.17, 15) is 14.9 Å². The number of nitro benzene ring substituents is 1. The summed E-state index contributed by atoms with van der Waals surface area (Å²) in [6, 6.07) is 13.3. The van der Waals surface area contributed by atoms with Gasteiger partial charge < -0.3 is 5.32 Å². The molecule has 0 saturated carbocycles. The van der Waals surface area contributed by atoms with Crippen LogP contribution < -0.4 is 10.6 Å². The molecule has 0 bridgehead atoms. The lowest BCUT2D eigenvalue weighted by Gasteiger charge is -2.09. The third-order valence-corrected chi connectivity index (χ3v) is 3.76. The minimum atomic E-state index is -0.495. The molecule has 2 N–H and O–H groups in total. The second-order valence-corrected chi connectivity index (χ2v) is 5.76. The number of carbonyl (C=O) groups excluding carboxylic acids is 1. The van der Waals surface area contributed by atoms with Crippen LogP contribution in [0, 0.1) is 10.1 Å². The molecule has 2 aromatic carbocycles. The van der Waals surface area contributed by atoms with Crippen molar-refractivity contribution in [1.82, 2.24) is 10.6 Å². The molecule has 0 fully saturated rings. The fraction of sp³-hybridized carbons (Fsp3) is 0.0588. The predicted molar refractivity (Wildman–Crippen MR) is 101 cm³/mol. The Kier molecular flexibility index (Phi) is 6.62. The summed E-state index contributed by atoms with van der Waals surface area (Å²) in [4.78, 5) is 22.1. The summed E-state index contributed by atoms with van der Waals surface area (Å²) in [6.45, 7) is 0.382. The highest BCUT2D eigenvalue weighted by atomic mass is 35.5. The molecule has 0 aliphatic heterocycles. The van der Waals surface area contributed by atoms with Gasteiger partial charge in [0.2, 0.25) is 5.91 Å². The van der Waals surface area contributed by atoms with Crippen molar-refractivity contribution in [2.75, 3.05) is 0 Å². The smallest absolute Gasteiger partial charge is 0.270 e. The molecule has 0 aliphatic carbocycles. The molecule has 25 heavy (non-hydrogen) atoms. The van der Waals surface area contributed by atoms with E-state index < -0.39 is 10.8 Å². The first-order valence-electron chi connectivity index (χ1n) is 7.20. The molecule has 0 atom stereocenters. The number of hydrogen-bond donors (Lipinski definition) is 2. The number of non-ortho nitro benzene ring substituents is 1. The van der Waals surface area contributed by atoms with Crippen LogP contribution in [0.5, 0.6) is 0 Å². The number of nitrogens with one attached hydrogen (secondary N) is 2. The standard InChI is InChI=1S/C17H14ClN3O3S/c18-15-7-2-1-5-13(15)11-19-17(25)20-16(22)9-8-12-4-3-6-14(10-12)21(23)24/h1-10H,11H2,(H2,19,20,22,25)/b9-8+. The van der Waals surface area contributed by atoms with Gasteiger partial charge in [-0.15, -0.1) is 0 Å². The van der Waals surface area contributed by atoms with Crippen molar-refractivity contribution in [3.05, 3.63) is 80.9 Å². The van der Waals surface area contributed by atoms with Gasteiger partial charge in [0.15, 0.2) is 5.11 Å². The zero-order valence-corrected chi connectivity index (χ0v) is 14.5. The van der Waals surface area contributed by atoms with Crippen LogP contribution in [0.4, 0.5) is 5.69 Å². The van der Waals surface area contributed by atoms with Crippen LogP contribution in [-0.2, 0) is 11.3 Å². The van der Waals surface area contributed by atoms with Crippen molar-refractivity contribution in [3.63, 3.8) is 0 Å². The van der Waals surface area contributed by atoms with Crippen LogP contribution in [-0.4, -0.2) is 15.9 Å². The highest BCUT2D eigenvalue weighted by Gasteiger charge is 2.05. The summed E-state index contributed by atoms with van der Waals surface area (Å²) in [5, 5.41) is 16.9. The summed E-state index contributed by atoms with van der Waals surface area (Å²) < 4.78 is 0. The number of halogens is 1. The maximum Gasteiger partial charge on any atom is 0.270 e. The first kappa shape index (κ1) is 18.6. The summed E-state index contributed by atoms with van der Waals surface area (Å²) >= 11 is 11.1. The largest absolute Gasteiger partial charge is 0.358 e. The molecule has 2 rings (SSSR count). The van der Waals surface area contributed by atoms with E-state index in [1.54, 1.807) is 18.2 Å². The molecule has 2 aromatic rings. The van der Waals surface area contributed by atoms with E-state index in [1.807, 2.05) is 18.2 Å². The molecule has 0 radical (unpaired) electrons. The fourth-order valence-corrected chi connectivity index (χ4v) is 2.30. The second-order valence-electron chi connectivity index (χ2n) is 4.95. The lowest BCUT2D eigenvalue weighted by atomic mass is 10.2. The van der Waals surface area contributed by atoms with E-state index in [2.05, 4.69) is 10.6 Å². The van der Waals surface area contributed by atoms with Crippen molar-refractivity contribution in [3.8, 4) is 0 Å². The van der Waals surface area contributed by atoms with Crippen molar-refractivity contribution in [2.24, 2.45) is 0 Å². The van der Waals surface area contributed by atoms with Crippen LogP contribution >= 0.6 is 23.8 Å². The van der Waals surface area contributed by atoms with Crippen molar-refractivity contribution in [1.29, 1.82) is 0 Å². The molecule has 1 amide bonds. The highest BCUT2D eigenvalue weighted by molar-refractivity contribution is 7.80. The third kappa shape index (κ3) is 5.98. The van der Waals surface area contributed by atoms with Crippen LogP contribution in [0.2, 0.25) is 5.02 Å². The van der Waals surface area contributed by atoms with Gasteiger partial charge in [-0.3, -0.25) is 20.2 Å². The molecule has 0 unspecified atom stereocenters.